The minimum absolute atomic E-state index is 0.392. The van der Waals surface area contributed by atoms with Crippen LogP contribution >= 0.6 is 0 Å². The topological polar surface area (TPSA) is 64.3 Å². The van der Waals surface area contributed by atoms with Gasteiger partial charge in [0.05, 0.1) is 0 Å². The summed E-state index contributed by atoms with van der Waals surface area (Å²) in [6.45, 7) is 4.93. The molecular formula is C4H8N2O2. The van der Waals surface area contributed by atoms with E-state index >= 15 is 0 Å². The van der Waals surface area contributed by atoms with Crippen LogP contribution in [0.1, 0.15) is 6.92 Å². The van der Waals surface area contributed by atoms with E-state index in [1.807, 2.05) is 5.48 Å². The maximum Gasteiger partial charge on any atom is 0.345 e. The van der Waals surface area contributed by atoms with Gasteiger partial charge in [0.15, 0.2) is 0 Å². The van der Waals surface area contributed by atoms with Crippen molar-refractivity contribution in [1.29, 1.82) is 0 Å². The number of primary amides is 1. The predicted molar refractivity (Wildman–Crippen MR) is 28.6 cm³/mol. The summed E-state index contributed by atoms with van der Waals surface area (Å²) in [4.78, 5) is 14.2. The van der Waals surface area contributed by atoms with Crippen molar-refractivity contribution in [2.75, 3.05) is 0 Å². The molecule has 0 aromatic carbocycles. The molecule has 0 radical (unpaired) electrons. The van der Waals surface area contributed by atoms with Gasteiger partial charge in [0.1, 0.15) is 5.76 Å². The molecule has 0 unspecified atom stereocenters. The van der Waals surface area contributed by atoms with Crippen molar-refractivity contribution in [3.63, 3.8) is 0 Å². The molecule has 3 N–H and O–H groups in total. The number of urea groups is 1. The van der Waals surface area contributed by atoms with Crippen molar-refractivity contribution in [2.24, 2.45) is 5.73 Å². The van der Waals surface area contributed by atoms with Crippen molar-refractivity contribution in [1.82, 2.24) is 5.48 Å². The van der Waals surface area contributed by atoms with E-state index in [-0.39, 0.29) is 0 Å². The highest BCUT2D eigenvalue weighted by Gasteiger charge is 1.87. The predicted octanol–water partition coefficient (Wildman–Crippen LogP) is 0.120. The smallest absolute Gasteiger partial charge is 0.345 e. The number of rotatable bonds is 2. The van der Waals surface area contributed by atoms with Crippen LogP contribution in [0, 0.1) is 0 Å². The van der Waals surface area contributed by atoms with Gasteiger partial charge in [-0.3, -0.25) is 0 Å². The SMILES string of the molecule is C=C(C)ONC(N)=O. The second kappa shape index (κ2) is 2.90. The highest BCUT2D eigenvalue weighted by molar-refractivity contribution is 5.70. The summed E-state index contributed by atoms with van der Waals surface area (Å²) >= 11 is 0. The minimum atomic E-state index is -0.729. The van der Waals surface area contributed by atoms with Crippen LogP contribution in [0.5, 0.6) is 0 Å². The Morgan fingerprint density at radius 1 is 1.88 bits per heavy atom. The van der Waals surface area contributed by atoms with Crippen molar-refractivity contribution in [2.45, 2.75) is 6.92 Å². The van der Waals surface area contributed by atoms with Crippen LogP contribution in [0.25, 0.3) is 0 Å². The lowest BCUT2D eigenvalue weighted by Gasteiger charge is -2.00. The van der Waals surface area contributed by atoms with Crippen LogP contribution < -0.4 is 11.2 Å². The number of allylic oxidation sites excluding steroid dienone is 1. The molecule has 4 nitrogen and oxygen atoms in total. The van der Waals surface area contributed by atoms with Gasteiger partial charge in [0.25, 0.3) is 0 Å². The molecule has 4 heteroatoms. The van der Waals surface area contributed by atoms with Gasteiger partial charge in [-0.2, -0.15) is 5.48 Å². The molecule has 0 spiro atoms. The number of carbonyl (C=O) groups excluding carboxylic acids is 1. The van der Waals surface area contributed by atoms with Crippen molar-refractivity contribution in [3.8, 4) is 0 Å². The van der Waals surface area contributed by atoms with Gasteiger partial charge in [0, 0.05) is 0 Å². The number of hydrogen-bond acceptors (Lipinski definition) is 2. The Balaban J connectivity index is 3.18. The number of carbonyl (C=O) groups is 1. The average molecular weight is 116 g/mol. The van der Waals surface area contributed by atoms with Crippen LogP contribution in [-0.4, -0.2) is 6.03 Å². The fraction of sp³-hybridized carbons (Fsp3) is 0.250. The van der Waals surface area contributed by atoms with E-state index in [1.54, 1.807) is 6.92 Å². The third-order valence-electron chi connectivity index (χ3n) is 0.326. The first-order valence-electron chi connectivity index (χ1n) is 2.00. The number of nitrogens with one attached hydrogen (secondary N) is 1. The van der Waals surface area contributed by atoms with E-state index in [4.69, 9.17) is 0 Å². The van der Waals surface area contributed by atoms with E-state index < -0.39 is 6.03 Å². The summed E-state index contributed by atoms with van der Waals surface area (Å²) in [7, 11) is 0. The number of hydrogen-bond donors (Lipinski definition) is 2. The Morgan fingerprint density at radius 2 is 2.38 bits per heavy atom. The third-order valence-corrected chi connectivity index (χ3v) is 0.326. The second-order valence-electron chi connectivity index (χ2n) is 1.27. The van der Waals surface area contributed by atoms with Crippen LogP contribution in [0.2, 0.25) is 0 Å². The van der Waals surface area contributed by atoms with E-state index in [2.05, 4.69) is 17.2 Å². The van der Waals surface area contributed by atoms with Gasteiger partial charge in [-0.1, -0.05) is 6.58 Å². The molecule has 0 atom stereocenters. The van der Waals surface area contributed by atoms with Crippen molar-refractivity contribution >= 4 is 6.03 Å². The molecule has 0 aromatic rings. The molecule has 0 fully saturated rings. The number of nitrogens with two attached hydrogens (primary N) is 1. The summed E-state index contributed by atoms with van der Waals surface area (Å²) in [5, 5.41) is 0. The van der Waals surface area contributed by atoms with Crippen LogP contribution in [0.15, 0.2) is 12.3 Å². The zero-order valence-electron chi connectivity index (χ0n) is 4.60. The summed E-state index contributed by atoms with van der Waals surface area (Å²) in [5.74, 6) is 0.392. The monoisotopic (exact) mass is 116 g/mol. The average Bonchev–Trinajstić information content (AvgIpc) is 1.61. The zero-order chi connectivity index (χ0) is 6.57. The zero-order valence-corrected chi connectivity index (χ0v) is 4.60. The third kappa shape index (κ3) is 4.81. The molecule has 8 heavy (non-hydrogen) atoms. The molecule has 0 saturated carbocycles. The highest BCUT2D eigenvalue weighted by Crippen LogP contribution is 1.82. The Hall–Kier alpha value is -1.19. The molecule has 2 amide bonds. The van der Waals surface area contributed by atoms with Gasteiger partial charge in [-0.15, -0.1) is 0 Å². The summed E-state index contributed by atoms with van der Waals surface area (Å²) in [6, 6.07) is -0.729. The van der Waals surface area contributed by atoms with E-state index in [0.29, 0.717) is 5.76 Å². The van der Waals surface area contributed by atoms with Crippen LogP contribution in [0.4, 0.5) is 4.79 Å². The quantitative estimate of drug-likeness (QED) is 0.397. The maximum absolute atomic E-state index is 9.85. The fourth-order valence-electron chi connectivity index (χ4n) is 0.137. The van der Waals surface area contributed by atoms with E-state index in [9.17, 15) is 4.79 Å². The fourth-order valence-corrected chi connectivity index (χ4v) is 0.137. The summed E-state index contributed by atoms with van der Waals surface area (Å²) in [6.07, 6.45) is 0. The molecule has 0 bridgehead atoms. The standard InChI is InChI=1S/C4H8N2O2/c1-3(2)8-6-4(5)7/h1H2,2H3,(H3,5,6,7). The molecule has 0 aliphatic carbocycles. The molecule has 0 aliphatic rings. The second-order valence-corrected chi connectivity index (χ2v) is 1.27. The molecule has 0 rings (SSSR count). The Morgan fingerprint density at radius 3 is 2.50 bits per heavy atom. The Kier molecular flexibility index (Phi) is 2.47. The van der Waals surface area contributed by atoms with Gasteiger partial charge < -0.3 is 10.6 Å². The molecular weight excluding hydrogens is 108 g/mol. The first-order chi connectivity index (χ1) is 3.63. The first-order valence-corrected chi connectivity index (χ1v) is 2.00. The van der Waals surface area contributed by atoms with Crippen LogP contribution in [-0.2, 0) is 4.84 Å². The van der Waals surface area contributed by atoms with Crippen molar-refractivity contribution < 1.29 is 9.63 Å². The lowest BCUT2D eigenvalue weighted by molar-refractivity contribution is 0.125. The highest BCUT2D eigenvalue weighted by atomic mass is 16.7. The van der Waals surface area contributed by atoms with Gasteiger partial charge in [0.2, 0.25) is 0 Å². The molecule has 0 heterocycles. The summed E-state index contributed by atoms with van der Waals surface area (Å²) in [5.41, 5.74) is 6.51. The minimum Gasteiger partial charge on any atom is -0.383 e. The Labute approximate surface area is 47.3 Å². The normalized spacial score (nSPS) is 7.62. The largest absolute Gasteiger partial charge is 0.383 e. The lowest BCUT2D eigenvalue weighted by Crippen LogP contribution is -2.28. The molecule has 0 saturated heterocycles. The van der Waals surface area contributed by atoms with E-state index in [0.717, 1.165) is 0 Å². The maximum atomic E-state index is 9.85. The molecule has 0 aliphatic heterocycles. The van der Waals surface area contributed by atoms with Gasteiger partial charge in [-0.25, -0.2) is 4.79 Å². The van der Waals surface area contributed by atoms with Gasteiger partial charge in [-0.05, 0) is 6.92 Å². The first kappa shape index (κ1) is 6.81. The Bertz CT molecular complexity index is 96.6. The lowest BCUT2D eigenvalue weighted by atomic mass is 10.7. The molecule has 46 valence electrons. The number of hydroxylamine groups is 1. The van der Waals surface area contributed by atoms with Crippen LogP contribution in [0.3, 0.4) is 0 Å². The van der Waals surface area contributed by atoms with Gasteiger partial charge >= 0.3 is 6.03 Å². The van der Waals surface area contributed by atoms with Crippen molar-refractivity contribution in [3.05, 3.63) is 12.3 Å². The molecule has 0 aromatic heterocycles. The number of amides is 2. The summed E-state index contributed by atoms with van der Waals surface area (Å²) < 4.78 is 0. The van der Waals surface area contributed by atoms with E-state index in [1.165, 1.54) is 0 Å².